The summed E-state index contributed by atoms with van der Waals surface area (Å²) in [5.41, 5.74) is 6.16. The highest BCUT2D eigenvalue weighted by molar-refractivity contribution is 5.82. The number of anilines is 1. The van der Waals surface area contributed by atoms with Gasteiger partial charge in [-0.2, -0.15) is 0 Å². The van der Waals surface area contributed by atoms with E-state index >= 15 is 0 Å². The summed E-state index contributed by atoms with van der Waals surface area (Å²) >= 11 is 0. The zero-order valence-electron chi connectivity index (χ0n) is 7.70. The van der Waals surface area contributed by atoms with Crippen LogP contribution in [0.5, 0.6) is 5.75 Å². The van der Waals surface area contributed by atoms with E-state index in [1.807, 2.05) is 12.1 Å². The highest BCUT2D eigenvalue weighted by Crippen LogP contribution is 2.18. The molecular formula is C10H10N2O2. The van der Waals surface area contributed by atoms with Gasteiger partial charge < -0.3 is 15.5 Å². The van der Waals surface area contributed by atoms with Crippen molar-refractivity contribution >= 4 is 16.6 Å². The minimum absolute atomic E-state index is 0.225. The molecule has 72 valence electrons. The first-order valence-corrected chi connectivity index (χ1v) is 4.17. The van der Waals surface area contributed by atoms with Gasteiger partial charge in [0.25, 0.3) is 5.56 Å². The molecule has 0 spiro atoms. The summed E-state index contributed by atoms with van der Waals surface area (Å²) in [5.74, 6) is 0.706. The van der Waals surface area contributed by atoms with Crippen LogP contribution in [0.4, 0.5) is 5.69 Å². The number of H-pyrrole nitrogens is 1. The fraction of sp³-hybridized carbons (Fsp3) is 0.100. The molecule has 14 heavy (non-hydrogen) atoms. The summed E-state index contributed by atoms with van der Waals surface area (Å²) in [6, 6.07) is 7.07. The number of methoxy groups -OCH3 is 1. The molecule has 0 aliphatic heterocycles. The molecule has 2 aromatic rings. The van der Waals surface area contributed by atoms with Crippen LogP contribution in [-0.4, -0.2) is 12.1 Å². The second-order valence-electron chi connectivity index (χ2n) is 3.01. The van der Waals surface area contributed by atoms with Crippen LogP contribution in [0.1, 0.15) is 0 Å². The molecule has 0 aliphatic carbocycles. The number of nitrogen functional groups attached to an aromatic ring is 1. The Balaban J connectivity index is 2.77. The number of aromatic amines is 1. The SMILES string of the molecule is COc1ccc2cc(N)c(=O)[nH]c2c1. The largest absolute Gasteiger partial charge is 0.497 e. The molecular weight excluding hydrogens is 180 g/mol. The molecule has 0 atom stereocenters. The van der Waals surface area contributed by atoms with E-state index in [0.29, 0.717) is 5.75 Å². The van der Waals surface area contributed by atoms with E-state index < -0.39 is 0 Å². The first-order chi connectivity index (χ1) is 6.70. The molecule has 1 aromatic heterocycles. The lowest BCUT2D eigenvalue weighted by molar-refractivity contribution is 0.415. The molecule has 1 aromatic carbocycles. The van der Waals surface area contributed by atoms with Crippen LogP contribution in [0.3, 0.4) is 0 Å². The van der Waals surface area contributed by atoms with Crippen molar-refractivity contribution in [1.82, 2.24) is 4.98 Å². The number of hydrogen-bond acceptors (Lipinski definition) is 3. The average Bonchev–Trinajstić information content (AvgIpc) is 2.19. The van der Waals surface area contributed by atoms with E-state index in [2.05, 4.69) is 4.98 Å². The number of rotatable bonds is 1. The maximum absolute atomic E-state index is 11.2. The van der Waals surface area contributed by atoms with Gasteiger partial charge in [0, 0.05) is 11.5 Å². The van der Waals surface area contributed by atoms with E-state index in [9.17, 15) is 4.79 Å². The summed E-state index contributed by atoms with van der Waals surface area (Å²) in [6.07, 6.45) is 0. The molecule has 0 radical (unpaired) electrons. The quantitative estimate of drug-likeness (QED) is 0.708. The monoisotopic (exact) mass is 190 g/mol. The zero-order chi connectivity index (χ0) is 10.1. The molecule has 0 saturated carbocycles. The molecule has 1 heterocycles. The molecule has 4 nitrogen and oxygen atoms in total. The van der Waals surface area contributed by atoms with Gasteiger partial charge in [-0.15, -0.1) is 0 Å². The van der Waals surface area contributed by atoms with Crippen LogP contribution in [0.25, 0.3) is 10.9 Å². The van der Waals surface area contributed by atoms with Crippen molar-refractivity contribution in [3.05, 3.63) is 34.6 Å². The van der Waals surface area contributed by atoms with Crippen LogP contribution < -0.4 is 16.0 Å². The van der Waals surface area contributed by atoms with Crippen molar-refractivity contribution < 1.29 is 4.74 Å². The lowest BCUT2D eigenvalue weighted by Crippen LogP contribution is -2.10. The van der Waals surface area contributed by atoms with Crippen LogP contribution >= 0.6 is 0 Å². The molecule has 4 heteroatoms. The molecule has 0 unspecified atom stereocenters. The fourth-order valence-electron chi connectivity index (χ4n) is 1.32. The third-order valence-corrected chi connectivity index (χ3v) is 2.08. The molecule has 0 saturated heterocycles. The standard InChI is InChI=1S/C10H10N2O2/c1-14-7-3-2-6-4-8(11)10(13)12-9(6)5-7/h2-5H,11H2,1H3,(H,12,13). The number of nitrogens with two attached hydrogens (primary N) is 1. The van der Waals surface area contributed by atoms with Crippen LogP contribution in [0, 0.1) is 0 Å². The van der Waals surface area contributed by atoms with E-state index in [-0.39, 0.29) is 11.2 Å². The van der Waals surface area contributed by atoms with Gasteiger partial charge in [0.05, 0.1) is 18.3 Å². The number of ether oxygens (including phenoxy) is 1. The number of pyridine rings is 1. The van der Waals surface area contributed by atoms with Crippen LogP contribution in [-0.2, 0) is 0 Å². The highest BCUT2D eigenvalue weighted by atomic mass is 16.5. The average molecular weight is 190 g/mol. The Kier molecular flexibility index (Phi) is 1.89. The van der Waals surface area contributed by atoms with Crippen molar-refractivity contribution in [2.24, 2.45) is 0 Å². The second-order valence-corrected chi connectivity index (χ2v) is 3.01. The van der Waals surface area contributed by atoms with E-state index in [0.717, 1.165) is 10.9 Å². The van der Waals surface area contributed by atoms with Crippen LogP contribution in [0.15, 0.2) is 29.1 Å². The summed E-state index contributed by atoms with van der Waals surface area (Å²) in [6.45, 7) is 0. The number of fused-ring (bicyclic) bond motifs is 1. The third kappa shape index (κ3) is 1.31. The van der Waals surface area contributed by atoms with Gasteiger partial charge in [0.2, 0.25) is 0 Å². The van der Waals surface area contributed by atoms with Crippen molar-refractivity contribution in [3.8, 4) is 5.75 Å². The smallest absolute Gasteiger partial charge is 0.271 e. The zero-order valence-corrected chi connectivity index (χ0v) is 7.70. The maximum atomic E-state index is 11.2. The molecule has 2 rings (SSSR count). The van der Waals surface area contributed by atoms with Gasteiger partial charge in [0.15, 0.2) is 0 Å². The number of aromatic nitrogens is 1. The minimum Gasteiger partial charge on any atom is -0.497 e. The molecule has 0 amide bonds. The minimum atomic E-state index is -0.272. The Hall–Kier alpha value is -1.97. The molecule has 3 N–H and O–H groups in total. The number of benzene rings is 1. The number of hydrogen-bond donors (Lipinski definition) is 2. The maximum Gasteiger partial charge on any atom is 0.271 e. The lowest BCUT2D eigenvalue weighted by atomic mass is 10.2. The summed E-state index contributed by atoms with van der Waals surface area (Å²) in [5, 5.41) is 0.892. The van der Waals surface area contributed by atoms with Gasteiger partial charge in [0.1, 0.15) is 5.75 Å². The van der Waals surface area contributed by atoms with E-state index in [1.165, 1.54) is 0 Å². The Morgan fingerprint density at radius 3 is 2.86 bits per heavy atom. The molecule has 0 bridgehead atoms. The van der Waals surface area contributed by atoms with Gasteiger partial charge >= 0.3 is 0 Å². The predicted octanol–water partition coefficient (Wildman–Crippen LogP) is 1.12. The van der Waals surface area contributed by atoms with Crippen LogP contribution in [0.2, 0.25) is 0 Å². The van der Waals surface area contributed by atoms with Gasteiger partial charge in [-0.3, -0.25) is 4.79 Å². The third-order valence-electron chi connectivity index (χ3n) is 2.08. The Morgan fingerprint density at radius 2 is 2.14 bits per heavy atom. The molecule has 0 aliphatic rings. The highest BCUT2D eigenvalue weighted by Gasteiger charge is 2.00. The molecule has 0 fully saturated rings. The fourth-order valence-corrected chi connectivity index (χ4v) is 1.32. The first-order valence-electron chi connectivity index (χ1n) is 4.17. The number of nitrogens with one attached hydrogen (secondary N) is 1. The van der Waals surface area contributed by atoms with E-state index in [1.54, 1.807) is 19.2 Å². The van der Waals surface area contributed by atoms with Crippen molar-refractivity contribution in [3.63, 3.8) is 0 Å². The van der Waals surface area contributed by atoms with E-state index in [4.69, 9.17) is 10.5 Å². The van der Waals surface area contributed by atoms with Gasteiger partial charge in [-0.25, -0.2) is 0 Å². The van der Waals surface area contributed by atoms with Gasteiger partial charge in [-0.1, -0.05) is 0 Å². The predicted molar refractivity (Wildman–Crippen MR) is 55.5 cm³/mol. The van der Waals surface area contributed by atoms with Crippen molar-refractivity contribution in [2.45, 2.75) is 0 Å². The summed E-state index contributed by atoms with van der Waals surface area (Å²) in [4.78, 5) is 13.9. The van der Waals surface area contributed by atoms with Crippen molar-refractivity contribution in [2.75, 3.05) is 12.8 Å². The Bertz CT molecular complexity index is 531. The van der Waals surface area contributed by atoms with Gasteiger partial charge in [-0.05, 0) is 18.2 Å². The van der Waals surface area contributed by atoms with Crippen molar-refractivity contribution in [1.29, 1.82) is 0 Å². The Labute approximate surface area is 80.3 Å². The topological polar surface area (TPSA) is 68.1 Å². The first kappa shape index (κ1) is 8.62. The summed E-state index contributed by atoms with van der Waals surface area (Å²) in [7, 11) is 1.58. The second kappa shape index (κ2) is 3.06. The Morgan fingerprint density at radius 1 is 1.36 bits per heavy atom. The lowest BCUT2D eigenvalue weighted by Gasteiger charge is -2.02. The normalized spacial score (nSPS) is 10.4. The summed E-state index contributed by atoms with van der Waals surface area (Å²) < 4.78 is 5.04.